The van der Waals surface area contributed by atoms with Crippen molar-refractivity contribution in [2.75, 3.05) is 26.6 Å². The van der Waals surface area contributed by atoms with Gasteiger partial charge in [-0.2, -0.15) is 0 Å². The molecule has 0 saturated carbocycles. The van der Waals surface area contributed by atoms with E-state index in [0.29, 0.717) is 22.4 Å². The third kappa shape index (κ3) is 4.03. The lowest BCUT2D eigenvalue weighted by atomic mass is 10.2. The molecule has 6 nitrogen and oxygen atoms in total. The number of nitrogens with one attached hydrogen (secondary N) is 1. The molecule has 1 aromatic heterocycles. The summed E-state index contributed by atoms with van der Waals surface area (Å²) in [6, 6.07) is 9.28. The summed E-state index contributed by atoms with van der Waals surface area (Å²) in [7, 11) is 4.75. The van der Waals surface area contributed by atoms with Crippen molar-refractivity contribution in [1.29, 1.82) is 0 Å². The molecule has 1 amide bonds. The second kappa shape index (κ2) is 8.09. The average Bonchev–Trinajstić information content (AvgIpc) is 3.11. The summed E-state index contributed by atoms with van der Waals surface area (Å²) < 4.78 is 16.8. The zero-order valence-electron chi connectivity index (χ0n) is 15.5. The van der Waals surface area contributed by atoms with Gasteiger partial charge in [0, 0.05) is 6.08 Å². The fraction of sp³-hybridized carbons (Fsp3) is 0.200. The predicted octanol–water partition coefficient (Wildman–Crippen LogP) is 4.28. The molecule has 0 unspecified atom stereocenters. The number of aryl methyl sites for hydroxylation is 1. The lowest BCUT2D eigenvalue weighted by molar-refractivity contribution is -0.111. The van der Waals surface area contributed by atoms with E-state index in [1.807, 2.05) is 25.1 Å². The van der Waals surface area contributed by atoms with E-state index >= 15 is 0 Å². The van der Waals surface area contributed by atoms with Gasteiger partial charge in [0.2, 0.25) is 5.91 Å². The maximum atomic E-state index is 12.3. The van der Waals surface area contributed by atoms with Crippen molar-refractivity contribution in [2.45, 2.75) is 6.92 Å². The van der Waals surface area contributed by atoms with E-state index in [0.717, 1.165) is 21.3 Å². The number of nitrogens with zero attached hydrogens (tertiary/aromatic N) is 1. The maximum absolute atomic E-state index is 12.3. The van der Waals surface area contributed by atoms with Crippen molar-refractivity contribution in [1.82, 2.24) is 4.98 Å². The molecule has 0 aliphatic carbocycles. The highest BCUT2D eigenvalue weighted by Gasteiger charge is 2.12. The van der Waals surface area contributed by atoms with Crippen molar-refractivity contribution < 1.29 is 19.0 Å². The quantitative estimate of drug-likeness (QED) is 0.642. The van der Waals surface area contributed by atoms with Crippen LogP contribution < -0.4 is 19.5 Å². The molecule has 2 aromatic carbocycles. The van der Waals surface area contributed by atoms with Gasteiger partial charge in [-0.05, 0) is 42.3 Å². The highest BCUT2D eigenvalue weighted by molar-refractivity contribution is 7.22. The second-order valence-corrected chi connectivity index (χ2v) is 6.72. The first-order valence-electron chi connectivity index (χ1n) is 8.21. The lowest BCUT2D eigenvalue weighted by Crippen LogP contribution is -2.07. The van der Waals surface area contributed by atoms with E-state index in [2.05, 4.69) is 10.3 Å². The third-order valence-electron chi connectivity index (χ3n) is 3.99. The van der Waals surface area contributed by atoms with Crippen molar-refractivity contribution in [3.63, 3.8) is 0 Å². The van der Waals surface area contributed by atoms with Crippen LogP contribution in [0.3, 0.4) is 0 Å². The predicted molar refractivity (Wildman–Crippen MR) is 108 cm³/mol. The Bertz CT molecular complexity index is 1010. The molecule has 3 aromatic rings. The van der Waals surface area contributed by atoms with Gasteiger partial charge in [-0.3, -0.25) is 10.1 Å². The first kappa shape index (κ1) is 18.7. The summed E-state index contributed by atoms with van der Waals surface area (Å²) in [5, 5.41) is 3.33. The minimum atomic E-state index is -0.263. The second-order valence-electron chi connectivity index (χ2n) is 5.72. The Morgan fingerprint density at radius 3 is 2.44 bits per heavy atom. The lowest BCUT2D eigenvalue weighted by Gasteiger charge is -2.07. The van der Waals surface area contributed by atoms with Crippen LogP contribution in [-0.4, -0.2) is 32.2 Å². The molecule has 1 heterocycles. The van der Waals surface area contributed by atoms with Gasteiger partial charge in [0.25, 0.3) is 0 Å². The number of carbonyl (C=O) groups is 1. The summed E-state index contributed by atoms with van der Waals surface area (Å²) in [6.45, 7) is 2.00. The van der Waals surface area contributed by atoms with Gasteiger partial charge in [-0.1, -0.05) is 23.5 Å². The molecule has 3 rings (SSSR count). The fourth-order valence-corrected chi connectivity index (χ4v) is 3.56. The standard InChI is InChI=1S/C20H20N2O4S/c1-12-5-8-15(25-3)18-19(12)27-20(22-18)21-17(23)10-7-13-6-9-14(24-2)16(11-13)26-4/h5-11H,1-4H3,(H,21,22,23)/b10-7+. The first-order valence-corrected chi connectivity index (χ1v) is 9.02. The molecule has 0 aliphatic heterocycles. The van der Waals surface area contributed by atoms with Gasteiger partial charge in [-0.25, -0.2) is 4.98 Å². The first-order chi connectivity index (χ1) is 13.0. The van der Waals surface area contributed by atoms with Gasteiger partial charge in [0.1, 0.15) is 11.3 Å². The van der Waals surface area contributed by atoms with Gasteiger partial charge in [-0.15, -0.1) is 0 Å². The van der Waals surface area contributed by atoms with Crippen LogP contribution in [0.25, 0.3) is 16.3 Å². The Labute approximate surface area is 161 Å². The molecule has 0 atom stereocenters. The van der Waals surface area contributed by atoms with Crippen LogP contribution >= 0.6 is 11.3 Å². The maximum Gasteiger partial charge on any atom is 0.250 e. The molecular formula is C20H20N2O4S. The Morgan fingerprint density at radius 2 is 1.74 bits per heavy atom. The average molecular weight is 384 g/mol. The Balaban J connectivity index is 1.77. The Morgan fingerprint density at radius 1 is 1.04 bits per heavy atom. The zero-order valence-corrected chi connectivity index (χ0v) is 16.3. The summed E-state index contributed by atoms with van der Waals surface area (Å²) >= 11 is 1.42. The molecule has 0 radical (unpaired) electrons. The van der Waals surface area contributed by atoms with Gasteiger partial charge in [0.15, 0.2) is 16.6 Å². The van der Waals surface area contributed by atoms with Gasteiger partial charge in [0.05, 0.1) is 26.0 Å². The summed E-state index contributed by atoms with van der Waals surface area (Å²) in [6.07, 6.45) is 3.16. The number of fused-ring (bicyclic) bond motifs is 1. The molecule has 140 valence electrons. The van der Waals surface area contributed by atoms with Gasteiger partial charge >= 0.3 is 0 Å². The molecule has 27 heavy (non-hydrogen) atoms. The van der Waals surface area contributed by atoms with E-state index in [1.165, 1.54) is 17.4 Å². The van der Waals surface area contributed by atoms with Crippen LogP contribution in [0, 0.1) is 6.92 Å². The normalized spacial score (nSPS) is 11.0. The van der Waals surface area contributed by atoms with E-state index in [4.69, 9.17) is 14.2 Å². The van der Waals surface area contributed by atoms with Crippen molar-refractivity contribution >= 4 is 38.7 Å². The molecule has 0 saturated heterocycles. The molecule has 0 aliphatic rings. The number of benzene rings is 2. The number of aromatic nitrogens is 1. The number of hydrogen-bond donors (Lipinski definition) is 1. The van der Waals surface area contributed by atoms with E-state index in [-0.39, 0.29) is 5.91 Å². The minimum absolute atomic E-state index is 0.263. The van der Waals surface area contributed by atoms with Crippen LogP contribution in [0.15, 0.2) is 36.4 Å². The molecule has 0 bridgehead atoms. The highest BCUT2D eigenvalue weighted by atomic mass is 32.1. The van der Waals surface area contributed by atoms with Crippen molar-refractivity contribution in [2.24, 2.45) is 0 Å². The zero-order chi connectivity index (χ0) is 19.4. The van der Waals surface area contributed by atoms with Crippen molar-refractivity contribution in [3.8, 4) is 17.2 Å². The Hall–Kier alpha value is -3.06. The SMILES string of the molecule is COc1ccc(/C=C/C(=O)Nc2nc3c(OC)ccc(C)c3s2)cc1OC. The van der Waals surface area contributed by atoms with Gasteiger partial charge < -0.3 is 14.2 Å². The molecule has 1 N–H and O–H groups in total. The van der Waals surface area contributed by atoms with E-state index in [1.54, 1.807) is 39.5 Å². The van der Waals surface area contributed by atoms with E-state index < -0.39 is 0 Å². The number of ether oxygens (including phenoxy) is 3. The number of rotatable bonds is 6. The number of carbonyl (C=O) groups excluding carboxylic acids is 1. The summed E-state index contributed by atoms with van der Waals surface area (Å²) in [4.78, 5) is 16.7. The summed E-state index contributed by atoms with van der Waals surface area (Å²) in [5.74, 6) is 1.67. The van der Waals surface area contributed by atoms with Crippen molar-refractivity contribution in [3.05, 3.63) is 47.5 Å². The molecule has 0 fully saturated rings. The number of hydrogen-bond acceptors (Lipinski definition) is 6. The van der Waals surface area contributed by atoms with Crippen LogP contribution in [0.2, 0.25) is 0 Å². The third-order valence-corrected chi connectivity index (χ3v) is 5.09. The highest BCUT2D eigenvalue weighted by Crippen LogP contribution is 2.34. The number of anilines is 1. The fourth-order valence-electron chi connectivity index (χ4n) is 2.60. The molecule has 0 spiro atoms. The van der Waals surface area contributed by atoms with Crippen LogP contribution in [0.5, 0.6) is 17.2 Å². The number of amides is 1. The topological polar surface area (TPSA) is 69.7 Å². The van der Waals surface area contributed by atoms with Crippen LogP contribution in [0.1, 0.15) is 11.1 Å². The number of thiazole rings is 1. The summed E-state index contributed by atoms with van der Waals surface area (Å²) in [5.41, 5.74) is 2.66. The smallest absolute Gasteiger partial charge is 0.250 e. The molecule has 7 heteroatoms. The Kier molecular flexibility index (Phi) is 5.61. The van der Waals surface area contributed by atoms with Crippen LogP contribution in [0.4, 0.5) is 5.13 Å². The van der Waals surface area contributed by atoms with Crippen LogP contribution in [-0.2, 0) is 4.79 Å². The molecular weight excluding hydrogens is 364 g/mol. The van der Waals surface area contributed by atoms with E-state index in [9.17, 15) is 4.79 Å². The minimum Gasteiger partial charge on any atom is -0.494 e. The number of methoxy groups -OCH3 is 3. The largest absolute Gasteiger partial charge is 0.494 e. The monoisotopic (exact) mass is 384 g/mol.